The fourth-order valence-corrected chi connectivity index (χ4v) is 4.34. The summed E-state index contributed by atoms with van der Waals surface area (Å²) in [6, 6.07) is 7.97. The third-order valence-corrected chi connectivity index (χ3v) is 5.89. The van der Waals surface area contributed by atoms with Gasteiger partial charge >= 0.3 is 0 Å². The summed E-state index contributed by atoms with van der Waals surface area (Å²) in [4.78, 5) is 17.7. The summed E-state index contributed by atoms with van der Waals surface area (Å²) in [5.41, 5.74) is 5.28. The third-order valence-electron chi connectivity index (χ3n) is 5.89. The summed E-state index contributed by atoms with van der Waals surface area (Å²) in [7, 11) is 7.51. The molecule has 0 atom stereocenters. The number of aromatic nitrogens is 2. The molecule has 5 nitrogen and oxygen atoms in total. The summed E-state index contributed by atoms with van der Waals surface area (Å²) < 4.78 is 27.0. The van der Waals surface area contributed by atoms with E-state index in [0.29, 0.717) is 18.2 Å². The highest BCUT2D eigenvalue weighted by Crippen LogP contribution is 2.43. The lowest BCUT2D eigenvalue weighted by molar-refractivity contribution is -0.107. The molecule has 1 aliphatic rings. The number of alkyl halides is 2. The largest absolute Gasteiger partial charge is 0.383 e. The first-order valence-electron chi connectivity index (χ1n) is 11.9. The average Bonchev–Trinajstić information content (AvgIpc) is 2.80. The van der Waals surface area contributed by atoms with E-state index in [4.69, 9.17) is 4.98 Å². The van der Waals surface area contributed by atoms with Gasteiger partial charge in [0.05, 0.1) is 0 Å². The lowest BCUT2D eigenvalue weighted by Gasteiger charge is -2.37. The molecule has 0 radical (unpaired) electrons. The van der Waals surface area contributed by atoms with E-state index in [2.05, 4.69) is 23.1 Å². The molecule has 0 unspecified atom stereocenters. The molecule has 0 amide bonds. The molecule has 1 aliphatic carbocycles. The highest BCUT2D eigenvalue weighted by Gasteiger charge is 2.45. The molecule has 1 aromatic carbocycles. The molecule has 1 saturated carbocycles. The van der Waals surface area contributed by atoms with Gasteiger partial charge in [-0.05, 0) is 30.0 Å². The van der Waals surface area contributed by atoms with Crippen molar-refractivity contribution in [1.29, 1.82) is 0 Å². The number of benzene rings is 1. The van der Waals surface area contributed by atoms with Crippen LogP contribution in [0.4, 0.5) is 14.6 Å². The van der Waals surface area contributed by atoms with E-state index in [1.165, 1.54) is 0 Å². The Balaban J connectivity index is 2.07. The van der Waals surface area contributed by atoms with E-state index in [0.717, 1.165) is 33.4 Å². The maximum Gasteiger partial charge on any atom is 0.248 e. The predicted octanol–water partition coefficient (Wildman–Crippen LogP) is 6.37. The maximum atomic E-state index is 13.5. The van der Waals surface area contributed by atoms with Crippen molar-refractivity contribution >= 4 is 23.2 Å². The molecule has 1 fully saturated rings. The molecule has 190 valence electrons. The van der Waals surface area contributed by atoms with E-state index in [-0.39, 0.29) is 18.8 Å². The van der Waals surface area contributed by atoms with Gasteiger partial charge in [0, 0.05) is 82.9 Å². The van der Waals surface area contributed by atoms with Crippen LogP contribution >= 0.6 is 0 Å². The normalized spacial score (nSPS) is 16.1. The summed E-state index contributed by atoms with van der Waals surface area (Å²) in [6.07, 6.45) is 9.06. The van der Waals surface area contributed by atoms with Crippen LogP contribution in [0.5, 0.6) is 0 Å². The lowest BCUT2D eigenvalue weighted by atomic mass is 9.81. The number of nitrogens with zero attached hydrogens (tertiary/aromatic N) is 5. The van der Waals surface area contributed by atoms with Crippen LogP contribution in [0.25, 0.3) is 22.5 Å². The monoisotopic (exact) mass is 491 g/mol. The van der Waals surface area contributed by atoms with Crippen LogP contribution in [-0.2, 0) is 0 Å². The minimum Gasteiger partial charge on any atom is -0.383 e. The van der Waals surface area contributed by atoms with Crippen LogP contribution in [0.3, 0.4) is 0 Å². The number of hydrogen-bond acceptors (Lipinski definition) is 5. The molecule has 1 heterocycles. The minimum absolute atomic E-state index is 0.0840. The zero-order valence-electron chi connectivity index (χ0n) is 21.8. The molecule has 0 saturated heterocycles. The van der Waals surface area contributed by atoms with Gasteiger partial charge < -0.3 is 9.80 Å². The summed E-state index contributed by atoms with van der Waals surface area (Å²) in [5, 5.41) is 0. The highest BCUT2D eigenvalue weighted by molar-refractivity contribution is 6.12. The molecule has 7 heteroatoms. The van der Waals surface area contributed by atoms with Crippen LogP contribution in [-0.4, -0.2) is 61.7 Å². The Morgan fingerprint density at radius 3 is 2.53 bits per heavy atom. The van der Waals surface area contributed by atoms with Crippen LogP contribution < -0.4 is 4.90 Å². The molecule has 36 heavy (non-hydrogen) atoms. The van der Waals surface area contributed by atoms with Crippen molar-refractivity contribution in [3.8, 4) is 11.4 Å². The standard InChI is InChI=1S/C29H35F2N5/c1-8-22(19-35(5)6)23-10-9-11-24(13-23)27-33-17-26(25(16-32-4)12-20(2)3)28(34-27)36(7)18-21-14-29(30,31)15-21/h8-13,16-17,19,21H,1-2,14-15,18H2,3-7H3/b22-19+,25-12+,32-16?. The van der Waals surface area contributed by atoms with E-state index in [1.54, 1.807) is 19.5 Å². The summed E-state index contributed by atoms with van der Waals surface area (Å²) in [6.45, 7) is 10.3. The third kappa shape index (κ3) is 6.74. The van der Waals surface area contributed by atoms with Crippen molar-refractivity contribution in [3.63, 3.8) is 0 Å². The van der Waals surface area contributed by atoms with Crippen LogP contribution in [0, 0.1) is 5.92 Å². The smallest absolute Gasteiger partial charge is 0.248 e. The number of hydrogen-bond donors (Lipinski definition) is 0. The fraction of sp³-hybridized carbons (Fsp3) is 0.345. The Bertz CT molecular complexity index is 1200. The van der Waals surface area contributed by atoms with Crippen molar-refractivity contribution in [2.75, 3.05) is 39.6 Å². The van der Waals surface area contributed by atoms with Gasteiger partial charge in [0.15, 0.2) is 5.82 Å². The van der Waals surface area contributed by atoms with Crippen LogP contribution in [0.1, 0.15) is 30.9 Å². The van der Waals surface area contributed by atoms with Gasteiger partial charge in [-0.15, -0.1) is 0 Å². The zero-order chi connectivity index (χ0) is 26.5. The van der Waals surface area contributed by atoms with E-state index in [1.807, 2.05) is 80.5 Å². The molecule has 3 rings (SSSR count). The van der Waals surface area contributed by atoms with E-state index >= 15 is 0 Å². The molecule has 2 aromatic rings. The Labute approximate surface area is 213 Å². The number of halogens is 2. The maximum absolute atomic E-state index is 13.5. The number of anilines is 1. The highest BCUT2D eigenvalue weighted by atomic mass is 19.3. The Morgan fingerprint density at radius 1 is 1.22 bits per heavy atom. The van der Waals surface area contributed by atoms with Crippen molar-refractivity contribution in [2.45, 2.75) is 25.7 Å². The van der Waals surface area contributed by atoms with Crippen molar-refractivity contribution in [2.24, 2.45) is 10.9 Å². The Kier molecular flexibility index (Phi) is 8.56. The molecule has 0 N–H and O–H groups in total. The second-order valence-corrected chi connectivity index (χ2v) is 9.61. The van der Waals surface area contributed by atoms with Crippen LogP contribution in [0.15, 0.2) is 72.5 Å². The first-order valence-corrected chi connectivity index (χ1v) is 11.9. The van der Waals surface area contributed by atoms with Gasteiger partial charge in [-0.1, -0.05) is 49.1 Å². The van der Waals surface area contributed by atoms with Gasteiger partial charge in [0.1, 0.15) is 5.82 Å². The molecular formula is C29H35F2N5. The predicted molar refractivity (Wildman–Crippen MR) is 147 cm³/mol. The second-order valence-electron chi connectivity index (χ2n) is 9.61. The van der Waals surface area contributed by atoms with Gasteiger partial charge in [-0.3, -0.25) is 4.99 Å². The first-order chi connectivity index (χ1) is 17.0. The Morgan fingerprint density at radius 2 is 1.94 bits per heavy atom. The summed E-state index contributed by atoms with van der Waals surface area (Å²) in [5.74, 6) is -1.42. The van der Waals surface area contributed by atoms with E-state index in [9.17, 15) is 8.78 Å². The minimum atomic E-state index is -2.56. The molecular weight excluding hydrogens is 456 g/mol. The van der Waals surface area contributed by atoms with E-state index < -0.39 is 5.92 Å². The van der Waals surface area contributed by atoms with Gasteiger partial charge in [0.2, 0.25) is 5.92 Å². The zero-order valence-corrected chi connectivity index (χ0v) is 21.8. The fourth-order valence-electron chi connectivity index (χ4n) is 4.34. The van der Waals surface area contributed by atoms with Gasteiger partial charge in [-0.2, -0.15) is 0 Å². The molecule has 0 aliphatic heterocycles. The quantitative estimate of drug-likeness (QED) is 0.286. The van der Waals surface area contributed by atoms with Crippen molar-refractivity contribution < 1.29 is 8.78 Å². The van der Waals surface area contributed by atoms with Crippen molar-refractivity contribution in [1.82, 2.24) is 14.9 Å². The second kappa shape index (κ2) is 11.4. The summed E-state index contributed by atoms with van der Waals surface area (Å²) >= 11 is 0. The number of rotatable bonds is 10. The molecule has 1 aromatic heterocycles. The average molecular weight is 492 g/mol. The van der Waals surface area contributed by atoms with Gasteiger partial charge in [-0.25, -0.2) is 18.7 Å². The molecule has 0 spiro atoms. The molecule has 0 bridgehead atoms. The van der Waals surface area contributed by atoms with Crippen molar-refractivity contribution in [3.05, 3.63) is 78.7 Å². The van der Waals surface area contributed by atoms with Crippen LogP contribution in [0.2, 0.25) is 0 Å². The number of allylic oxidation sites excluding steroid dienone is 5. The first kappa shape index (κ1) is 27.0. The number of aliphatic imine (C=N–C) groups is 1. The Hall–Kier alpha value is -3.61. The van der Waals surface area contributed by atoms with Gasteiger partial charge in [0.25, 0.3) is 0 Å². The lowest BCUT2D eigenvalue weighted by Crippen LogP contribution is -2.42. The topological polar surface area (TPSA) is 44.6 Å². The SMILES string of the molecule is C=C/C(=C\N(C)C)c1cccc(-c2ncc(/C(C=NC)=C/C(=C)C)c(N(C)CC3CC(F)(F)C3)n2)c1.